The minimum Gasteiger partial charge on any atom is -0.356 e. The van der Waals surface area contributed by atoms with Crippen molar-refractivity contribution in [2.24, 2.45) is 0 Å². The van der Waals surface area contributed by atoms with Crippen LogP contribution in [-0.4, -0.2) is 45.0 Å². The predicted molar refractivity (Wildman–Crippen MR) is 155 cm³/mol. The van der Waals surface area contributed by atoms with Gasteiger partial charge in [0.05, 0.1) is 16.6 Å². The van der Waals surface area contributed by atoms with Crippen LogP contribution in [0.4, 0.5) is 19.3 Å². The summed E-state index contributed by atoms with van der Waals surface area (Å²) in [5, 5.41) is 4.83. The van der Waals surface area contributed by atoms with E-state index in [1.165, 1.54) is 29.2 Å². The van der Waals surface area contributed by atoms with E-state index in [2.05, 4.69) is 10.1 Å². The van der Waals surface area contributed by atoms with Crippen LogP contribution in [0.2, 0.25) is 10.0 Å². The second kappa shape index (κ2) is 11.1. The number of aromatic nitrogens is 1. The molecule has 2 fully saturated rings. The number of amides is 3. The number of rotatable bonds is 6. The number of urea groups is 1. The average Bonchev–Trinajstić information content (AvgIpc) is 3.50. The summed E-state index contributed by atoms with van der Waals surface area (Å²) in [6.45, 7) is 2.61. The zero-order chi connectivity index (χ0) is 29.6. The van der Waals surface area contributed by atoms with Gasteiger partial charge in [-0.25, -0.2) is 13.6 Å². The third kappa shape index (κ3) is 5.06. The summed E-state index contributed by atoms with van der Waals surface area (Å²) in [7, 11) is 0. The molecule has 216 valence electrons. The highest BCUT2D eigenvalue weighted by Gasteiger charge is 2.60. The van der Waals surface area contributed by atoms with Crippen molar-refractivity contribution in [3.63, 3.8) is 0 Å². The number of likely N-dealkylation sites (tertiary alicyclic amines) is 1. The third-order valence-corrected chi connectivity index (χ3v) is 8.78. The molecular weight excluding hydrogens is 585 g/mol. The molecule has 2 aliphatic rings. The Bertz CT molecular complexity index is 1680. The van der Waals surface area contributed by atoms with Crippen LogP contribution < -0.4 is 4.90 Å². The van der Waals surface area contributed by atoms with Gasteiger partial charge in [-0.1, -0.05) is 52.6 Å². The van der Waals surface area contributed by atoms with Gasteiger partial charge in [-0.2, -0.15) is 0 Å². The van der Waals surface area contributed by atoms with Crippen molar-refractivity contribution >= 4 is 40.8 Å². The molecule has 3 amide bonds. The Kier molecular flexibility index (Phi) is 7.51. The van der Waals surface area contributed by atoms with Crippen LogP contribution in [0.1, 0.15) is 31.0 Å². The van der Waals surface area contributed by atoms with E-state index >= 15 is 0 Å². The molecule has 0 unspecified atom stereocenters. The van der Waals surface area contributed by atoms with Crippen molar-refractivity contribution in [3.8, 4) is 11.3 Å². The monoisotopic (exact) mass is 610 g/mol. The summed E-state index contributed by atoms with van der Waals surface area (Å²) in [6.07, 6.45) is 0.573. The van der Waals surface area contributed by atoms with Gasteiger partial charge in [0, 0.05) is 42.0 Å². The van der Waals surface area contributed by atoms with E-state index in [4.69, 9.17) is 27.7 Å². The molecule has 11 heteroatoms. The molecule has 7 nitrogen and oxygen atoms in total. The number of anilines is 1. The number of halogens is 4. The summed E-state index contributed by atoms with van der Waals surface area (Å²) in [6, 6.07) is 18.1. The summed E-state index contributed by atoms with van der Waals surface area (Å²) in [5.41, 5.74) is 0.603. The first-order valence-electron chi connectivity index (χ1n) is 13.5. The minimum absolute atomic E-state index is 0.136. The largest absolute Gasteiger partial charge is 0.356 e. The number of piperidine rings is 1. The van der Waals surface area contributed by atoms with Gasteiger partial charge in [-0.15, -0.1) is 0 Å². The fourth-order valence-electron chi connectivity index (χ4n) is 5.93. The molecule has 6 rings (SSSR count). The van der Waals surface area contributed by atoms with Crippen LogP contribution in [0.5, 0.6) is 0 Å². The number of carbonyl (C=O) groups excluding carboxylic acids is 2. The average molecular weight is 611 g/mol. The first kappa shape index (κ1) is 28.3. The fourth-order valence-corrected chi connectivity index (χ4v) is 6.23. The van der Waals surface area contributed by atoms with Gasteiger partial charge in [0.1, 0.15) is 22.9 Å². The van der Waals surface area contributed by atoms with Gasteiger partial charge in [-0.05, 0) is 62.2 Å². The van der Waals surface area contributed by atoms with Crippen LogP contribution >= 0.6 is 23.2 Å². The highest BCUT2D eigenvalue weighted by atomic mass is 35.5. The first-order valence-corrected chi connectivity index (χ1v) is 14.2. The van der Waals surface area contributed by atoms with E-state index in [1.807, 2.05) is 6.92 Å². The zero-order valence-electron chi connectivity index (χ0n) is 22.6. The Morgan fingerprint density at radius 3 is 2.52 bits per heavy atom. The highest BCUT2D eigenvalue weighted by molar-refractivity contribution is 6.42. The fraction of sp³-hybridized carbons (Fsp3) is 0.258. The first-order chi connectivity index (χ1) is 20.2. The Morgan fingerprint density at radius 2 is 1.79 bits per heavy atom. The Labute approximate surface area is 251 Å². The molecule has 1 spiro atoms. The minimum atomic E-state index is -1.24. The maximum Gasteiger partial charge on any atom is 0.332 e. The highest BCUT2D eigenvalue weighted by Crippen LogP contribution is 2.43. The number of benzene rings is 3. The Hall–Kier alpha value is -3.79. The van der Waals surface area contributed by atoms with Crippen molar-refractivity contribution in [2.75, 3.05) is 11.4 Å². The molecule has 2 saturated heterocycles. The van der Waals surface area contributed by atoms with E-state index in [1.54, 1.807) is 48.5 Å². The third-order valence-electron chi connectivity index (χ3n) is 8.04. The molecule has 0 N–H and O–H groups in total. The summed E-state index contributed by atoms with van der Waals surface area (Å²) >= 11 is 12.2. The lowest BCUT2D eigenvalue weighted by atomic mass is 9.81. The zero-order valence-corrected chi connectivity index (χ0v) is 24.1. The molecule has 42 heavy (non-hydrogen) atoms. The Morgan fingerprint density at radius 1 is 0.976 bits per heavy atom. The van der Waals surface area contributed by atoms with E-state index < -0.39 is 23.3 Å². The quantitative estimate of drug-likeness (QED) is 0.214. The van der Waals surface area contributed by atoms with Crippen LogP contribution in [0.25, 0.3) is 11.3 Å². The SMILES string of the molecule is C[C@H]1C[C@]2(CCN1Cc1ccccc1F)C(=O)N(Cc1cc(-c3ccc(Cl)c(Cl)c3)on1)C(=O)N2c1cccc(F)c1. The molecule has 0 aliphatic carbocycles. The molecule has 3 heterocycles. The molecule has 0 radical (unpaired) electrons. The van der Waals surface area contributed by atoms with E-state index in [0.29, 0.717) is 51.4 Å². The number of nitrogens with zero attached hydrogens (tertiary/aromatic N) is 4. The van der Waals surface area contributed by atoms with Crippen LogP contribution in [0.3, 0.4) is 0 Å². The normalized spacial score (nSPS) is 21.1. The topological polar surface area (TPSA) is 69.9 Å². The number of imide groups is 1. The predicted octanol–water partition coefficient (Wildman–Crippen LogP) is 7.32. The molecule has 2 atom stereocenters. The molecule has 2 aliphatic heterocycles. The van der Waals surface area contributed by atoms with Gasteiger partial charge < -0.3 is 4.52 Å². The smallest absolute Gasteiger partial charge is 0.332 e. The Balaban J connectivity index is 1.30. The number of hydrogen-bond donors (Lipinski definition) is 0. The lowest BCUT2D eigenvalue weighted by Gasteiger charge is -2.45. The molecular formula is C31H26Cl2F2N4O3. The van der Waals surface area contributed by atoms with Gasteiger partial charge in [0.25, 0.3) is 5.91 Å². The van der Waals surface area contributed by atoms with E-state index in [0.717, 1.165) is 4.90 Å². The molecule has 0 bridgehead atoms. The van der Waals surface area contributed by atoms with Crippen LogP contribution in [0.15, 0.2) is 77.3 Å². The van der Waals surface area contributed by atoms with Gasteiger partial charge in [0.15, 0.2) is 5.76 Å². The molecule has 3 aromatic carbocycles. The van der Waals surface area contributed by atoms with Gasteiger partial charge in [0.2, 0.25) is 0 Å². The second-order valence-corrected chi connectivity index (χ2v) is 11.5. The van der Waals surface area contributed by atoms with Crippen molar-refractivity contribution in [1.29, 1.82) is 0 Å². The van der Waals surface area contributed by atoms with Gasteiger partial charge >= 0.3 is 6.03 Å². The lowest BCUT2D eigenvalue weighted by Crippen LogP contribution is -2.59. The van der Waals surface area contributed by atoms with E-state index in [-0.39, 0.29) is 31.2 Å². The molecule has 0 saturated carbocycles. The van der Waals surface area contributed by atoms with Crippen molar-refractivity contribution in [1.82, 2.24) is 15.0 Å². The number of hydrogen-bond acceptors (Lipinski definition) is 5. The van der Waals surface area contributed by atoms with Gasteiger partial charge in [-0.3, -0.25) is 19.5 Å². The van der Waals surface area contributed by atoms with Crippen LogP contribution in [0, 0.1) is 11.6 Å². The van der Waals surface area contributed by atoms with Crippen molar-refractivity contribution < 1.29 is 22.9 Å². The summed E-state index contributed by atoms with van der Waals surface area (Å²) in [5.74, 6) is -0.811. The molecule has 4 aromatic rings. The van der Waals surface area contributed by atoms with Crippen molar-refractivity contribution in [2.45, 2.75) is 44.4 Å². The van der Waals surface area contributed by atoms with Crippen LogP contribution in [-0.2, 0) is 17.9 Å². The lowest BCUT2D eigenvalue weighted by molar-refractivity contribution is -0.133. The summed E-state index contributed by atoms with van der Waals surface area (Å²) in [4.78, 5) is 32.8. The second-order valence-electron chi connectivity index (χ2n) is 10.7. The van der Waals surface area contributed by atoms with Crippen molar-refractivity contribution in [3.05, 3.63) is 106 Å². The summed E-state index contributed by atoms with van der Waals surface area (Å²) < 4.78 is 34.3. The molecule has 1 aromatic heterocycles. The maximum absolute atomic E-state index is 14.4. The van der Waals surface area contributed by atoms with E-state index in [9.17, 15) is 18.4 Å². The number of carbonyl (C=O) groups is 2. The maximum atomic E-state index is 14.4. The standard InChI is InChI=1S/C31H26Cl2F2N4O3/c1-19-16-31(11-12-37(19)17-21-5-2-3-8-27(21)35)29(40)38(30(41)39(31)24-7-4-6-22(34)14-24)18-23-15-28(42-36-23)20-9-10-25(32)26(33)13-20/h2-10,13-15,19H,11-12,16-18H2,1H3/t19-,31+/m0/s1.